The number of carboxylic acids is 1. The van der Waals surface area contributed by atoms with E-state index in [4.69, 9.17) is 5.11 Å². The highest BCUT2D eigenvalue weighted by molar-refractivity contribution is 5.73. The summed E-state index contributed by atoms with van der Waals surface area (Å²) in [7, 11) is 0. The smallest absolute Gasteiger partial charge is 0.307 e. The van der Waals surface area contributed by atoms with Crippen LogP contribution in [0.15, 0.2) is 48.5 Å². The second-order valence-corrected chi connectivity index (χ2v) is 4.08. The lowest BCUT2D eigenvalue weighted by Gasteiger charge is -2.07. The van der Waals surface area contributed by atoms with Crippen LogP contribution in [0.4, 0.5) is 0 Å². The molecule has 2 aromatic carbocycles. The van der Waals surface area contributed by atoms with Gasteiger partial charge >= 0.3 is 5.97 Å². The zero-order valence-electron chi connectivity index (χ0n) is 9.68. The molecule has 17 heavy (non-hydrogen) atoms. The number of rotatable bonds is 3. The van der Waals surface area contributed by atoms with Gasteiger partial charge in [0.15, 0.2) is 0 Å². The maximum absolute atomic E-state index is 10.8. The second kappa shape index (κ2) is 4.83. The minimum atomic E-state index is -0.793. The van der Waals surface area contributed by atoms with Gasteiger partial charge in [-0.2, -0.15) is 0 Å². The molecule has 0 spiro atoms. The highest BCUT2D eigenvalue weighted by Crippen LogP contribution is 2.22. The summed E-state index contributed by atoms with van der Waals surface area (Å²) >= 11 is 0. The van der Waals surface area contributed by atoms with Crippen LogP contribution in [0.1, 0.15) is 11.1 Å². The fourth-order valence-corrected chi connectivity index (χ4v) is 1.84. The molecule has 0 amide bonds. The Morgan fingerprint density at radius 3 is 2.41 bits per heavy atom. The molecule has 0 unspecified atom stereocenters. The van der Waals surface area contributed by atoms with Crippen LogP contribution in [0.2, 0.25) is 0 Å². The van der Waals surface area contributed by atoms with Gasteiger partial charge in [0.1, 0.15) is 0 Å². The third-order valence-electron chi connectivity index (χ3n) is 2.80. The van der Waals surface area contributed by atoms with Crippen molar-refractivity contribution >= 4 is 5.97 Å². The first kappa shape index (κ1) is 11.4. The van der Waals surface area contributed by atoms with Crippen molar-refractivity contribution in [2.75, 3.05) is 0 Å². The van der Waals surface area contributed by atoms with E-state index in [1.54, 1.807) is 0 Å². The molecule has 0 fully saturated rings. The Morgan fingerprint density at radius 2 is 1.76 bits per heavy atom. The van der Waals surface area contributed by atoms with Crippen LogP contribution in [0.5, 0.6) is 0 Å². The molecule has 0 aromatic heterocycles. The fraction of sp³-hybridized carbons (Fsp3) is 0.133. The number of carboxylic acid groups (broad SMARTS) is 1. The van der Waals surface area contributed by atoms with E-state index in [-0.39, 0.29) is 6.42 Å². The molecule has 2 nitrogen and oxygen atoms in total. The number of benzene rings is 2. The van der Waals surface area contributed by atoms with Crippen molar-refractivity contribution in [3.8, 4) is 11.1 Å². The number of aliphatic carboxylic acids is 1. The number of carbonyl (C=O) groups is 1. The van der Waals surface area contributed by atoms with Crippen molar-refractivity contribution in [2.24, 2.45) is 0 Å². The Hall–Kier alpha value is -2.09. The van der Waals surface area contributed by atoms with Crippen LogP contribution in [0.3, 0.4) is 0 Å². The topological polar surface area (TPSA) is 37.3 Å². The van der Waals surface area contributed by atoms with E-state index < -0.39 is 5.97 Å². The van der Waals surface area contributed by atoms with Crippen LogP contribution in [-0.4, -0.2) is 11.1 Å². The molecule has 0 saturated heterocycles. The van der Waals surface area contributed by atoms with Crippen molar-refractivity contribution in [3.63, 3.8) is 0 Å². The SMILES string of the molecule is Cc1ccc(-c2ccccc2)cc1CC(=O)O. The van der Waals surface area contributed by atoms with E-state index in [1.807, 2.05) is 55.5 Å². The maximum Gasteiger partial charge on any atom is 0.307 e. The van der Waals surface area contributed by atoms with Gasteiger partial charge in [0.25, 0.3) is 0 Å². The van der Waals surface area contributed by atoms with Crippen molar-refractivity contribution < 1.29 is 9.90 Å². The molecule has 2 heteroatoms. The molecule has 0 saturated carbocycles. The van der Waals surface area contributed by atoms with E-state index in [2.05, 4.69) is 0 Å². The van der Waals surface area contributed by atoms with Crippen LogP contribution >= 0.6 is 0 Å². The minimum Gasteiger partial charge on any atom is -0.481 e. The molecular weight excluding hydrogens is 212 g/mol. The van der Waals surface area contributed by atoms with Gasteiger partial charge in [0.05, 0.1) is 6.42 Å². The summed E-state index contributed by atoms with van der Waals surface area (Å²) < 4.78 is 0. The zero-order chi connectivity index (χ0) is 12.3. The first-order valence-corrected chi connectivity index (χ1v) is 5.53. The van der Waals surface area contributed by atoms with E-state index in [9.17, 15) is 4.79 Å². The number of hydrogen-bond acceptors (Lipinski definition) is 1. The molecule has 2 rings (SSSR count). The molecular formula is C15H14O2. The predicted molar refractivity (Wildman–Crippen MR) is 68.0 cm³/mol. The highest BCUT2D eigenvalue weighted by atomic mass is 16.4. The quantitative estimate of drug-likeness (QED) is 0.872. The lowest BCUT2D eigenvalue weighted by atomic mass is 9.98. The van der Waals surface area contributed by atoms with E-state index >= 15 is 0 Å². The van der Waals surface area contributed by atoms with Gasteiger partial charge in [-0.1, -0.05) is 48.5 Å². The van der Waals surface area contributed by atoms with Gasteiger partial charge in [0, 0.05) is 0 Å². The Morgan fingerprint density at radius 1 is 1.06 bits per heavy atom. The van der Waals surface area contributed by atoms with Gasteiger partial charge < -0.3 is 5.11 Å². The average Bonchev–Trinajstić information content (AvgIpc) is 2.32. The fourth-order valence-electron chi connectivity index (χ4n) is 1.84. The highest BCUT2D eigenvalue weighted by Gasteiger charge is 2.06. The summed E-state index contributed by atoms with van der Waals surface area (Å²) in [6.07, 6.45) is 0.0759. The molecule has 0 radical (unpaired) electrons. The molecule has 1 N–H and O–H groups in total. The molecule has 0 heterocycles. The summed E-state index contributed by atoms with van der Waals surface area (Å²) in [5.74, 6) is -0.793. The molecule has 2 aromatic rings. The molecule has 0 bridgehead atoms. The van der Waals surface area contributed by atoms with Crippen molar-refractivity contribution in [2.45, 2.75) is 13.3 Å². The van der Waals surface area contributed by atoms with E-state index in [0.717, 1.165) is 22.3 Å². The maximum atomic E-state index is 10.8. The molecule has 86 valence electrons. The molecule has 0 aliphatic rings. The zero-order valence-corrected chi connectivity index (χ0v) is 9.68. The number of aryl methyl sites for hydroxylation is 1. The van der Waals surface area contributed by atoms with E-state index in [1.165, 1.54) is 0 Å². The van der Waals surface area contributed by atoms with Crippen molar-refractivity contribution in [1.82, 2.24) is 0 Å². The van der Waals surface area contributed by atoms with Crippen LogP contribution in [-0.2, 0) is 11.2 Å². The Balaban J connectivity index is 2.41. The number of hydrogen-bond donors (Lipinski definition) is 1. The van der Waals surface area contributed by atoms with Gasteiger partial charge in [-0.3, -0.25) is 4.79 Å². The van der Waals surface area contributed by atoms with Crippen LogP contribution in [0.25, 0.3) is 11.1 Å². The lowest BCUT2D eigenvalue weighted by Crippen LogP contribution is -2.02. The molecule has 0 aliphatic carbocycles. The van der Waals surface area contributed by atoms with Gasteiger partial charge in [-0.05, 0) is 29.2 Å². The van der Waals surface area contributed by atoms with Crippen LogP contribution < -0.4 is 0 Å². The third kappa shape index (κ3) is 2.72. The van der Waals surface area contributed by atoms with Gasteiger partial charge in [0.2, 0.25) is 0 Å². The van der Waals surface area contributed by atoms with E-state index in [0.29, 0.717) is 0 Å². The third-order valence-corrected chi connectivity index (χ3v) is 2.80. The largest absolute Gasteiger partial charge is 0.481 e. The molecule has 0 aliphatic heterocycles. The predicted octanol–water partition coefficient (Wildman–Crippen LogP) is 3.29. The van der Waals surface area contributed by atoms with Crippen molar-refractivity contribution in [1.29, 1.82) is 0 Å². The van der Waals surface area contributed by atoms with Gasteiger partial charge in [-0.25, -0.2) is 0 Å². The standard InChI is InChI=1S/C15H14O2/c1-11-7-8-13(9-14(11)10-15(16)17)12-5-3-2-4-6-12/h2-9H,10H2,1H3,(H,16,17). The summed E-state index contributed by atoms with van der Waals surface area (Å²) in [6.45, 7) is 1.94. The average molecular weight is 226 g/mol. The second-order valence-electron chi connectivity index (χ2n) is 4.08. The summed E-state index contributed by atoms with van der Waals surface area (Å²) in [6, 6.07) is 15.9. The Kier molecular flexibility index (Phi) is 3.24. The first-order chi connectivity index (χ1) is 8.16. The first-order valence-electron chi connectivity index (χ1n) is 5.53. The van der Waals surface area contributed by atoms with Crippen molar-refractivity contribution in [3.05, 3.63) is 59.7 Å². The minimum absolute atomic E-state index is 0.0759. The summed E-state index contributed by atoms with van der Waals surface area (Å²) in [5, 5.41) is 8.85. The van der Waals surface area contributed by atoms with Crippen LogP contribution in [0, 0.1) is 6.92 Å². The summed E-state index contributed by atoms with van der Waals surface area (Å²) in [5.41, 5.74) is 4.07. The monoisotopic (exact) mass is 226 g/mol. The van der Waals surface area contributed by atoms with Gasteiger partial charge in [-0.15, -0.1) is 0 Å². The normalized spacial score (nSPS) is 10.2. The lowest BCUT2D eigenvalue weighted by molar-refractivity contribution is -0.136. The molecule has 0 atom stereocenters. The summed E-state index contributed by atoms with van der Waals surface area (Å²) in [4.78, 5) is 10.8. The Bertz CT molecular complexity index is 530. The Labute approximate surface area is 101 Å².